The Morgan fingerprint density at radius 3 is 2.33 bits per heavy atom. The van der Waals surface area contributed by atoms with Crippen LogP contribution in [0.15, 0.2) is 77.7 Å². The van der Waals surface area contributed by atoms with Crippen molar-refractivity contribution in [3.63, 3.8) is 0 Å². The van der Waals surface area contributed by atoms with E-state index in [9.17, 15) is 19.5 Å². The zero-order chi connectivity index (χ0) is 21.3. The van der Waals surface area contributed by atoms with Crippen LogP contribution in [0.25, 0.3) is 10.9 Å². The molecule has 148 valence electrons. The fourth-order valence-corrected chi connectivity index (χ4v) is 3.51. The fraction of sp³-hybridized carbons (Fsp3) is 0.0833. The summed E-state index contributed by atoms with van der Waals surface area (Å²) in [6.45, 7) is 2.26. The smallest absolute Gasteiger partial charge is 0.336 e. The van der Waals surface area contributed by atoms with Crippen molar-refractivity contribution >= 4 is 22.7 Å². The first-order chi connectivity index (χ1) is 14.5. The number of aromatic nitrogens is 2. The highest BCUT2D eigenvalue weighted by atomic mass is 16.4. The highest BCUT2D eigenvalue weighted by Gasteiger charge is 2.21. The van der Waals surface area contributed by atoms with Crippen molar-refractivity contribution < 1.29 is 14.7 Å². The molecule has 2 aromatic heterocycles. The van der Waals surface area contributed by atoms with Crippen molar-refractivity contribution in [2.24, 2.45) is 0 Å². The molecule has 0 aliphatic carbocycles. The second kappa shape index (κ2) is 7.75. The van der Waals surface area contributed by atoms with Gasteiger partial charge in [-0.15, -0.1) is 0 Å². The molecule has 0 radical (unpaired) electrons. The normalized spacial score (nSPS) is 10.8. The van der Waals surface area contributed by atoms with Crippen LogP contribution in [0.5, 0.6) is 0 Å². The summed E-state index contributed by atoms with van der Waals surface area (Å²) in [6, 6.07) is 18.6. The molecule has 6 heteroatoms. The van der Waals surface area contributed by atoms with Gasteiger partial charge in [0.25, 0.3) is 0 Å². The quantitative estimate of drug-likeness (QED) is 0.518. The zero-order valence-corrected chi connectivity index (χ0v) is 16.2. The van der Waals surface area contributed by atoms with Gasteiger partial charge in [-0.25, -0.2) is 4.79 Å². The summed E-state index contributed by atoms with van der Waals surface area (Å²) in [6.07, 6.45) is 1.50. The Morgan fingerprint density at radius 2 is 1.60 bits per heavy atom. The number of aryl methyl sites for hydroxylation is 1. The van der Waals surface area contributed by atoms with Gasteiger partial charge in [-0.3, -0.25) is 14.6 Å². The first-order valence-electron chi connectivity index (χ1n) is 9.37. The zero-order valence-electron chi connectivity index (χ0n) is 16.2. The summed E-state index contributed by atoms with van der Waals surface area (Å²) in [5, 5.41) is 9.83. The van der Waals surface area contributed by atoms with Gasteiger partial charge in [-0.05, 0) is 37.3 Å². The Bertz CT molecular complexity index is 1350. The molecule has 1 N–H and O–H groups in total. The number of pyridine rings is 2. The third kappa shape index (κ3) is 3.51. The molecule has 0 bridgehead atoms. The summed E-state index contributed by atoms with van der Waals surface area (Å²) in [4.78, 5) is 42.3. The number of nitrogens with zero attached hydrogens (tertiary/aromatic N) is 2. The van der Waals surface area contributed by atoms with E-state index in [1.165, 1.54) is 18.3 Å². The first-order valence-corrected chi connectivity index (χ1v) is 9.37. The largest absolute Gasteiger partial charge is 0.478 e. The Balaban J connectivity index is 1.91. The van der Waals surface area contributed by atoms with Crippen LogP contribution in [0.2, 0.25) is 0 Å². The number of hydrogen-bond acceptors (Lipinski definition) is 4. The molecule has 6 nitrogen and oxygen atoms in total. The van der Waals surface area contributed by atoms with Crippen LogP contribution in [0.1, 0.15) is 37.7 Å². The molecule has 0 saturated carbocycles. The van der Waals surface area contributed by atoms with Gasteiger partial charge in [0.1, 0.15) is 0 Å². The first kappa shape index (κ1) is 19.3. The third-order valence-electron chi connectivity index (χ3n) is 4.91. The van der Waals surface area contributed by atoms with Crippen LogP contribution < -0.4 is 5.43 Å². The molecule has 0 amide bonds. The van der Waals surface area contributed by atoms with Crippen molar-refractivity contribution in [3.8, 4) is 0 Å². The molecule has 0 aliphatic rings. The van der Waals surface area contributed by atoms with Crippen LogP contribution in [-0.2, 0) is 6.54 Å². The lowest BCUT2D eigenvalue weighted by molar-refractivity contribution is 0.0692. The van der Waals surface area contributed by atoms with Crippen LogP contribution in [-0.4, -0.2) is 26.4 Å². The number of carboxylic acid groups (broad SMARTS) is 1. The number of carboxylic acids is 1. The number of rotatable bonds is 5. The molecule has 0 unspecified atom stereocenters. The fourth-order valence-electron chi connectivity index (χ4n) is 3.51. The Labute approximate surface area is 172 Å². The van der Waals surface area contributed by atoms with Crippen LogP contribution in [0, 0.1) is 6.92 Å². The molecule has 0 aliphatic heterocycles. The number of benzene rings is 2. The molecule has 0 fully saturated rings. The van der Waals surface area contributed by atoms with Gasteiger partial charge in [0.2, 0.25) is 5.43 Å². The van der Waals surface area contributed by atoms with Crippen molar-refractivity contribution in [2.45, 2.75) is 13.5 Å². The predicted molar refractivity (Wildman–Crippen MR) is 113 cm³/mol. The van der Waals surface area contributed by atoms with Gasteiger partial charge < -0.3 is 9.67 Å². The molecule has 0 atom stereocenters. The maximum atomic E-state index is 13.2. The third-order valence-corrected chi connectivity index (χ3v) is 4.91. The monoisotopic (exact) mass is 398 g/mol. The maximum absolute atomic E-state index is 13.2. The topological polar surface area (TPSA) is 89.3 Å². The number of carbonyl (C=O) groups excluding carboxylic acids is 1. The number of ketones is 1. The molecule has 0 spiro atoms. The summed E-state index contributed by atoms with van der Waals surface area (Å²) in [5.41, 5.74) is 1.67. The van der Waals surface area contributed by atoms with Gasteiger partial charge in [-0.1, -0.05) is 36.4 Å². The summed E-state index contributed by atoms with van der Waals surface area (Å²) >= 11 is 0. The van der Waals surface area contributed by atoms with E-state index in [0.29, 0.717) is 17.4 Å². The average molecular weight is 398 g/mol. The van der Waals surface area contributed by atoms with Crippen LogP contribution >= 0.6 is 0 Å². The second-order valence-corrected chi connectivity index (χ2v) is 6.97. The second-order valence-electron chi connectivity index (χ2n) is 6.97. The minimum atomic E-state index is -1.22. The number of aromatic carboxylic acids is 1. The molecule has 0 saturated heterocycles. The minimum absolute atomic E-state index is 0.0161. The van der Waals surface area contributed by atoms with E-state index < -0.39 is 17.2 Å². The van der Waals surface area contributed by atoms with E-state index in [4.69, 9.17) is 0 Å². The van der Waals surface area contributed by atoms with E-state index in [1.807, 2.05) is 37.3 Å². The van der Waals surface area contributed by atoms with Crippen molar-refractivity contribution in [2.75, 3.05) is 0 Å². The molecular weight excluding hydrogens is 380 g/mol. The van der Waals surface area contributed by atoms with E-state index in [0.717, 1.165) is 11.4 Å². The summed E-state index contributed by atoms with van der Waals surface area (Å²) in [7, 11) is 0. The minimum Gasteiger partial charge on any atom is -0.478 e. The summed E-state index contributed by atoms with van der Waals surface area (Å²) < 4.78 is 1.80. The lowest BCUT2D eigenvalue weighted by Gasteiger charge is -2.14. The van der Waals surface area contributed by atoms with Crippen LogP contribution in [0.3, 0.4) is 0 Å². The van der Waals surface area contributed by atoms with E-state index >= 15 is 0 Å². The van der Waals surface area contributed by atoms with E-state index in [1.54, 1.807) is 28.8 Å². The van der Waals surface area contributed by atoms with Gasteiger partial charge in [0.15, 0.2) is 5.78 Å². The Hall–Kier alpha value is -4.06. The molecule has 30 heavy (non-hydrogen) atoms. The predicted octanol–water partition coefficient (Wildman–Crippen LogP) is 3.68. The standard InChI is InChI=1S/C24H18N2O4/c1-15-7-6-8-16(25-15)13-26-14-20(23(28)19-11-4-5-12-21(19)26)22(27)17-9-2-3-10-18(17)24(29)30/h2-12,14H,13H2,1H3,(H,29,30). The Morgan fingerprint density at radius 1 is 0.900 bits per heavy atom. The van der Waals surface area contributed by atoms with E-state index in [2.05, 4.69) is 4.98 Å². The average Bonchev–Trinajstić information content (AvgIpc) is 2.75. The number of hydrogen-bond donors (Lipinski definition) is 1. The van der Waals surface area contributed by atoms with Crippen molar-refractivity contribution in [1.82, 2.24) is 9.55 Å². The maximum Gasteiger partial charge on any atom is 0.336 e. The van der Waals surface area contributed by atoms with Gasteiger partial charge in [0.05, 0.1) is 28.9 Å². The van der Waals surface area contributed by atoms with Crippen molar-refractivity contribution in [3.05, 3.63) is 111 Å². The highest BCUT2D eigenvalue weighted by Crippen LogP contribution is 2.18. The van der Waals surface area contributed by atoms with Crippen LogP contribution in [0.4, 0.5) is 0 Å². The summed E-state index contributed by atoms with van der Waals surface area (Å²) in [5.74, 6) is -1.83. The number of para-hydroxylation sites is 1. The molecule has 2 heterocycles. The lowest BCUT2D eigenvalue weighted by atomic mass is 9.98. The highest BCUT2D eigenvalue weighted by molar-refractivity contribution is 6.14. The van der Waals surface area contributed by atoms with Gasteiger partial charge >= 0.3 is 5.97 Å². The van der Waals surface area contributed by atoms with Gasteiger partial charge in [0, 0.05) is 22.8 Å². The molecule has 2 aromatic carbocycles. The van der Waals surface area contributed by atoms with Gasteiger partial charge in [-0.2, -0.15) is 0 Å². The molecular formula is C24H18N2O4. The van der Waals surface area contributed by atoms with Crippen molar-refractivity contribution in [1.29, 1.82) is 0 Å². The number of carbonyl (C=O) groups is 2. The number of fused-ring (bicyclic) bond motifs is 1. The SMILES string of the molecule is Cc1cccc(Cn2cc(C(=O)c3ccccc3C(=O)O)c(=O)c3ccccc32)n1. The lowest BCUT2D eigenvalue weighted by Crippen LogP contribution is -2.21. The molecule has 4 rings (SSSR count). The van der Waals surface area contributed by atoms with E-state index in [-0.39, 0.29) is 16.7 Å². The Kier molecular flexibility index (Phi) is 4.98. The molecule has 4 aromatic rings.